The molecule has 14 heavy (non-hydrogen) atoms. The van der Waals surface area contributed by atoms with E-state index in [4.69, 9.17) is 5.11 Å². The van der Waals surface area contributed by atoms with Gasteiger partial charge in [0.1, 0.15) is 0 Å². The molecule has 1 aromatic carbocycles. The number of carboxylic acid groups (broad SMARTS) is 1. The lowest BCUT2D eigenvalue weighted by Crippen LogP contribution is -2.07. The van der Waals surface area contributed by atoms with Crippen LogP contribution in [0.1, 0.15) is 30.9 Å². The van der Waals surface area contributed by atoms with Gasteiger partial charge in [-0.3, -0.25) is 4.79 Å². The zero-order valence-electron chi connectivity index (χ0n) is 8.40. The smallest absolute Gasteiger partial charge is 0.310 e. The third-order valence-electron chi connectivity index (χ3n) is 2.14. The average Bonchev–Trinajstić information content (AvgIpc) is 2.17. The molecule has 0 radical (unpaired) electrons. The second kappa shape index (κ2) is 4.61. The largest absolute Gasteiger partial charge is 0.481 e. The van der Waals surface area contributed by atoms with Crippen LogP contribution in [0.5, 0.6) is 0 Å². The highest BCUT2D eigenvalue weighted by atomic mass is 16.4. The molecule has 2 heteroatoms. The SMILES string of the molecule is C/C=C/c1cccc(C(C)C(=O)O)c1. The van der Waals surface area contributed by atoms with E-state index in [-0.39, 0.29) is 0 Å². The van der Waals surface area contributed by atoms with E-state index < -0.39 is 11.9 Å². The minimum Gasteiger partial charge on any atom is -0.481 e. The van der Waals surface area contributed by atoms with Crippen molar-refractivity contribution in [2.45, 2.75) is 19.8 Å². The number of hydrogen-bond acceptors (Lipinski definition) is 1. The molecule has 0 aromatic heterocycles. The lowest BCUT2D eigenvalue weighted by atomic mass is 9.99. The highest BCUT2D eigenvalue weighted by Gasteiger charge is 2.12. The minimum atomic E-state index is -0.789. The van der Waals surface area contributed by atoms with Crippen molar-refractivity contribution in [3.63, 3.8) is 0 Å². The van der Waals surface area contributed by atoms with E-state index in [0.29, 0.717) is 0 Å². The Morgan fingerprint density at radius 1 is 1.50 bits per heavy atom. The average molecular weight is 190 g/mol. The summed E-state index contributed by atoms with van der Waals surface area (Å²) in [6, 6.07) is 7.58. The van der Waals surface area contributed by atoms with Crippen molar-refractivity contribution < 1.29 is 9.90 Å². The molecule has 1 aromatic rings. The van der Waals surface area contributed by atoms with Gasteiger partial charge in [-0.2, -0.15) is 0 Å². The van der Waals surface area contributed by atoms with Gasteiger partial charge in [-0.25, -0.2) is 0 Å². The highest BCUT2D eigenvalue weighted by Crippen LogP contribution is 2.17. The highest BCUT2D eigenvalue weighted by molar-refractivity contribution is 5.75. The molecule has 1 atom stereocenters. The Hall–Kier alpha value is -1.57. The van der Waals surface area contributed by atoms with Crippen molar-refractivity contribution in [1.29, 1.82) is 0 Å². The third kappa shape index (κ3) is 2.46. The number of carbonyl (C=O) groups is 1. The van der Waals surface area contributed by atoms with E-state index in [1.165, 1.54) is 0 Å². The topological polar surface area (TPSA) is 37.3 Å². The van der Waals surface area contributed by atoms with Gasteiger partial charge in [-0.15, -0.1) is 0 Å². The molecule has 0 spiro atoms. The molecule has 0 saturated carbocycles. The van der Waals surface area contributed by atoms with Crippen LogP contribution < -0.4 is 0 Å². The molecule has 0 amide bonds. The third-order valence-corrected chi connectivity index (χ3v) is 2.14. The molecule has 0 fully saturated rings. The van der Waals surface area contributed by atoms with Gasteiger partial charge < -0.3 is 5.11 Å². The predicted octanol–water partition coefficient (Wildman–Crippen LogP) is 2.91. The maximum Gasteiger partial charge on any atom is 0.310 e. The molecular formula is C12H14O2. The Morgan fingerprint density at radius 3 is 2.79 bits per heavy atom. The van der Waals surface area contributed by atoms with E-state index >= 15 is 0 Å². The lowest BCUT2D eigenvalue weighted by molar-refractivity contribution is -0.138. The summed E-state index contributed by atoms with van der Waals surface area (Å²) in [5.74, 6) is -1.23. The first-order valence-corrected chi connectivity index (χ1v) is 4.60. The summed E-state index contributed by atoms with van der Waals surface area (Å²) in [7, 11) is 0. The number of aliphatic carboxylic acids is 1. The molecule has 0 saturated heterocycles. The Bertz CT molecular complexity index is 353. The fraction of sp³-hybridized carbons (Fsp3) is 0.250. The van der Waals surface area contributed by atoms with Crippen molar-refractivity contribution >= 4 is 12.0 Å². The van der Waals surface area contributed by atoms with Gasteiger partial charge in [-0.1, -0.05) is 36.4 Å². The first-order chi connectivity index (χ1) is 6.65. The van der Waals surface area contributed by atoms with Crippen LogP contribution in [0.2, 0.25) is 0 Å². The van der Waals surface area contributed by atoms with Crippen LogP contribution in [-0.4, -0.2) is 11.1 Å². The van der Waals surface area contributed by atoms with Crippen molar-refractivity contribution in [1.82, 2.24) is 0 Å². The summed E-state index contributed by atoms with van der Waals surface area (Å²) in [4.78, 5) is 10.8. The minimum absolute atomic E-state index is 0.444. The molecule has 0 bridgehead atoms. The first-order valence-electron chi connectivity index (χ1n) is 4.60. The van der Waals surface area contributed by atoms with E-state index in [1.807, 2.05) is 43.3 Å². The first kappa shape index (κ1) is 10.5. The van der Waals surface area contributed by atoms with Crippen LogP contribution in [0.3, 0.4) is 0 Å². The van der Waals surface area contributed by atoms with Gasteiger partial charge in [0.25, 0.3) is 0 Å². The molecule has 0 heterocycles. The summed E-state index contributed by atoms with van der Waals surface area (Å²) < 4.78 is 0. The fourth-order valence-corrected chi connectivity index (χ4v) is 1.27. The zero-order valence-corrected chi connectivity index (χ0v) is 8.40. The Kier molecular flexibility index (Phi) is 3.46. The second-order valence-corrected chi connectivity index (χ2v) is 3.23. The maximum atomic E-state index is 10.8. The number of rotatable bonds is 3. The van der Waals surface area contributed by atoms with Crippen LogP contribution >= 0.6 is 0 Å². The van der Waals surface area contributed by atoms with Gasteiger partial charge in [0.2, 0.25) is 0 Å². The van der Waals surface area contributed by atoms with Crippen molar-refractivity contribution in [2.75, 3.05) is 0 Å². The van der Waals surface area contributed by atoms with Crippen LogP contribution in [-0.2, 0) is 4.79 Å². The maximum absolute atomic E-state index is 10.8. The van der Waals surface area contributed by atoms with Crippen LogP contribution in [0.4, 0.5) is 0 Å². The Balaban J connectivity index is 2.99. The number of hydrogen-bond donors (Lipinski definition) is 1. The van der Waals surface area contributed by atoms with E-state index in [2.05, 4.69) is 0 Å². The summed E-state index contributed by atoms with van der Waals surface area (Å²) in [6.45, 7) is 3.63. The molecule has 0 aliphatic rings. The molecule has 1 N–H and O–H groups in total. The normalized spacial score (nSPS) is 13.0. The Morgan fingerprint density at radius 2 is 2.21 bits per heavy atom. The molecule has 1 rings (SSSR count). The number of carboxylic acids is 1. The molecule has 2 nitrogen and oxygen atoms in total. The standard InChI is InChI=1S/C12H14O2/c1-3-5-10-6-4-7-11(8-10)9(2)12(13)14/h3-9H,1-2H3,(H,13,14)/b5-3+. The van der Waals surface area contributed by atoms with Crippen LogP contribution in [0.15, 0.2) is 30.3 Å². The molecule has 0 aliphatic carbocycles. The molecule has 0 aliphatic heterocycles. The van der Waals surface area contributed by atoms with E-state index in [1.54, 1.807) is 6.92 Å². The monoisotopic (exact) mass is 190 g/mol. The molecular weight excluding hydrogens is 176 g/mol. The predicted molar refractivity (Wildman–Crippen MR) is 57.2 cm³/mol. The van der Waals surface area contributed by atoms with Crippen molar-refractivity contribution in [3.8, 4) is 0 Å². The molecule has 74 valence electrons. The number of allylic oxidation sites excluding steroid dienone is 1. The van der Waals surface area contributed by atoms with Crippen molar-refractivity contribution in [2.24, 2.45) is 0 Å². The van der Waals surface area contributed by atoms with Crippen LogP contribution in [0.25, 0.3) is 6.08 Å². The summed E-state index contributed by atoms with van der Waals surface area (Å²) in [6.07, 6.45) is 3.89. The summed E-state index contributed by atoms with van der Waals surface area (Å²) in [5, 5.41) is 8.84. The van der Waals surface area contributed by atoms with Crippen molar-refractivity contribution in [3.05, 3.63) is 41.5 Å². The second-order valence-electron chi connectivity index (χ2n) is 3.23. The summed E-state index contributed by atoms with van der Waals surface area (Å²) >= 11 is 0. The molecule has 1 unspecified atom stereocenters. The van der Waals surface area contributed by atoms with Gasteiger partial charge in [-0.05, 0) is 25.0 Å². The van der Waals surface area contributed by atoms with Gasteiger partial charge in [0, 0.05) is 0 Å². The van der Waals surface area contributed by atoms with E-state index in [9.17, 15) is 4.79 Å². The van der Waals surface area contributed by atoms with Gasteiger partial charge >= 0.3 is 5.97 Å². The van der Waals surface area contributed by atoms with Gasteiger partial charge in [0.15, 0.2) is 0 Å². The van der Waals surface area contributed by atoms with Gasteiger partial charge in [0.05, 0.1) is 5.92 Å². The quantitative estimate of drug-likeness (QED) is 0.795. The summed E-state index contributed by atoms with van der Waals surface area (Å²) in [5.41, 5.74) is 1.88. The Labute approximate surface area is 83.9 Å². The zero-order chi connectivity index (χ0) is 10.6. The lowest BCUT2D eigenvalue weighted by Gasteiger charge is -2.06. The number of benzene rings is 1. The van der Waals surface area contributed by atoms with Crippen LogP contribution in [0, 0.1) is 0 Å². The van der Waals surface area contributed by atoms with E-state index in [0.717, 1.165) is 11.1 Å². The fourth-order valence-electron chi connectivity index (χ4n) is 1.27.